The van der Waals surface area contributed by atoms with Gasteiger partial charge in [-0.05, 0) is 79.2 Å². The van der Waals surface area contributed by atoms with Crippen LogP contribution in [0.4, 0.5) is 5.69 Å². The molecule has 1 amide bonds. The lowest BCUT2D eigenvalue weighted by Gasteiger charge is -2.10. The van der Waals surface area contributed by atoms with E-state index in [9.17, 15) is 4.79 Å². The van der Waals surface area contributed by atoms with Crippen LogP contribution in [0.15, 0.2) is 101 Å². The summed E-state index contributed by atoms with van der Waals surface area (Å²) < 4.78 is 0. The summed E-state index contributed by atoms with van der Waals surface area (Å²) in [7, 11) is 0. The molecule has 0 atom stereocenters. The van der Waals surface area contributed by atoms with E-state index in [0.717, 1.165) is 43.3 Å². The molecule has 0 spiro atoms. The third-order valence-corrected chi connectivity index (χ3v) is 6.36. The van der Waals surface area contributed by atoms with Crippen LogP contribution in [0.3, 0.4) is 0 Å². The zero-order valence-corrected chi connectivity index (χ0v) is 19.3. The van der Waals surface area contributed by atoms with Gasteiger partial charge in [0.05, 0.1) is 22.5 Å². The third-order valence-electron chi connectivity index (χ3n) is 5.30. The highest BCUT2D eigenvalue weighted by molar-refractivity contribution is 7.99. The Morgan fingerprint density at radius 2 is 1.82 bits per heavy atom. The van der Waals surface area contributed by atoms with Crippen molar-refractivity contribution >= 4 is 46.4 Å². The zero-order valence-electron chi connectivity index (χ0n) is 18.5. The first-order chi connectivity index (χ1) is 16.7. The number of rotatable bonds is 6. The molecule has 5 rings (SSSR count). The Morgan fingerprint density at radius 1 is 0.941 bits per heavy atom. The van der Waals surface area contributed by atoms with Crippen LogP contribution in [-0.4, -0.2) is 21.1 Å². The number of benzene rings is 3. The first kappa shape index (κ1) is 21.7. The summed E-state index contributed by atoms with van der Waals surface area (Å²) in [4.78, 5) is 19.2. The van der Waals surface area contributed by atoms with Crippen LogP contribution in [-0.2, 0) is 0 Å². The maximum atomic E-state index is 13.0. The second kappa shape index (κ2) is 9.77. The van der Waals surface area contributed by atoms with E-state index in [1.807, 2.05) is 85.8 Å². The molecule has 166 valence electrons. The highest BCUT2D eigenvalue weighted by atomic mass is 32.2. The summed E-state index contributed by atoms with van der Waals surface area (Å²) in [5.41, 5.74) is 5.20. The lowest BCUT2D eigenvalue weighted by atomic mass is 10.2. The summed E-state index contributed by atoms with van der Waals surface area (Å²) in [6.45, 7) is 2.00. The molecule has 2 aromatic heterocycles. The molecule has 0 fully saturated rings. The molecule has 3 aromatic carbocycles. The number of pyridine rings is 1. The van der Waals surface area contributed by atoms with Crippen molar-refractivity contribution in [2.45, 2.75) is 16.7 Å². The number of carbonyl (C=O) groups excluding carboxylic acids is 1. The molecular formula is C28H22N4OS. The largest absolute Gasteiger partial charge is 0.322 e. The van der Waals surface area contributed by atoms with Gasteiger partial charge in [0.2, 0.25) is 0 Å². The van der Waals surface area contributed by atoms with Gasteiger partial charge in [-0.2, -0.15) is 5.10 Å². The Bertz CT molecular complexity index is 1490. The Morgan fingerprint density at radius 3 is 2.68 bits per heavy atom. The molecule has 5 nitrogen and oxygen atoms in total. The number of aromatic amines is 1. The van der Waals surface area contributed by atoms with E-state index in [-0.39, 0.29) is 5.91 Å². The molecule has 34 heavy (non-hydrogen) atoms. The molecule has 6 heteroatoms. The predicted molar refractivity (Wildman–Crippen MR) is 139 cm³/mol. The number of hydrogen-bond donors (Lipinski definition) is 2. The van der Waals surface area contributed by atoms with Crippen LogP contribution in [0.25, 0.3) is 23.1 Å². The summed E-state index contributed by atoms with van der Waals surface area (Å²) in [5, 5.41) is 11.6. The first-order valence-corrected chi connectivity index (χ1v) is 11.7. The van der Waals surface area contributed by atoms with Gasteiger partial charge in [-0.25, -0.2) is 0 Å². The highest BCUT2D eigenvalue weighted by Gasteiger charge is 2.13. The molecule has 0 aliphatic heterocycles. The van der Waals surface area contributed by atoms with Gasteiger partial charge < -0.3 is 5.32 Å². The number of amides is 1. The molecule has 0 unspecified atom stereocenters. The summed E-state index contributed by atoms with van der Waals surface area (Å²) in [6, 6.07) is 27.4. The van der Waals surface area contributed by atoms with E-state index < -0.39 is 0 Å². The van der Waals surface area contributed by atoms with Crippen molar-refractivity contribution in [3.05, 3.63) is 114 Å². The van der Waals surface area contributed by atoms with Crippen LogP contribution < -0.4 is 5.32 Å². The van der Waals surface area contributed by atoms with Gasteiger partial charge in [0.1, 0.15) is 0 Å². The predicted octanol–water partition coefficient (Wildman–Crippen LogP) is 6.84. The van der Waals surface area contributed by atoms with Crippen LogP contribution in [0.5, 0.6) is 0 Å². The summed E-state index contributed by atoms with van der Waals surface area (Å²) in [5.74, 6) is -0.127. The Balaban J connectivity index is 1.36. The first-order valence-electron chi connectivity index (χ1n) is 10.9. The molecule has 0 saturated carbocycles. The monoisotopic (exact) mass is 462 g/mol. The average Bonchev–Trinajstić information content (AvgIpc) is 3.26. The van der Waals surface area contributed by atoms with Crippen LogP contribution >= 0.6 is 11.8 Å². The number of hydrogen-bond acceptors (Lipinski definition) is 4. The van der Waals surface area contributed by atoms with Gasteiger partial charge in [0.15, 0.2) is 0 Å². The molecule has 2 heterocycles. The Labute approximate surface area is 202 Å². The molecule has 0 aliphatic rings. The van der Waals surface area contributed by atoms with Gasteiger partial charge in [-0.15, -0.1) is 0 Å². The normalized spacial score (nSPS) is 11.2. The number of nitrogens with one attached hydrogen (secondary N) is 2. The Kier molecular flexibility index (Phi) is 6.23. The standard InChI is InChI=1S/C28H22N4OS/c1-19-7-6-9-21(17-19)30-28(33)24-10-2-3-11-27(24)34-22-13-14-23-25(31-32-26(23)18-22)15-12-20-8-4-5-16-29-20/h2-18H,1H3,(H,30,33)(H,31,32)/b15-12+. The fourth-order valence-electron chi connectivity index (χ4n) is 3.64. The highest BCUT2D eigenvalue weighted by Crippen LogP contribution is 2.33. The molecular weight excluding hydrogens is 440 g/mol. The van der Waals surface area contributed by atoms with Crippen molar-refractivity contribution in [1.29, 1.82) is 0 Å². The van der Waals surface area contributed by atoms with Gasteiger partial charge in [0.25, 0.3) is 5.91 Å². The second-order valence-electron chi connectivity index (χ2n) is 7.83. The summed E-state index contributed by atoms with van der Waals surface area (Å²) >= 11 is 1.55. The van der Waals surface area contributed by atoms with E-state index in [1.54, 1.807) is 18.0 Å². The van der Waals surface area contributed by atoms with Crippen LogP contribution in [0.2, 0.25) is 0 Å². The lowest BCUT2D eigenvalue weighted by Crippen LogP contribution is -2.12. The van der Waals surface area contributed by atoms with E-state index in [1.165, 1.54) is 0 Å². The smallest absolute Gasteiger partial charge is 0.256 e. The average molecular weight is 463 g/mol. The van der Waals surface area contributed by atoms with Gasteiger partial charge in [-0.3, -0.25) is 14.9 Å². The second-order valence-corrected chi connectivity index (χ2v) is 8.94. The molecule has 0 radical (unpaired) electrons. The fourth-order valence-corrected chi connectivity index (χ4v) is 4.62. The van der Waals surface area contributed by atoms with Crippen LogP contribution in [0, 0.1) is 6.92 Å². The topological polar surface area (TPSA) is 70.7 Å². The van der Waals surface area contributed by atoms with Crippen molar-refractivity contribution < 1.29 is 4.79 Å². The molecule has 2 N–H and O–H groups in total. The van der Waals surface area contributed by atoms with Crippen molar-refractivity contribution in [3.8, 4) is 0 Å². The third kappa shape index (κ3) is 4.92. The number of aromatic nitrogens is 3. The molecule has 5 aromatic rings. The number of aryl methyl sites for hydroxylation is 1. The van der Waals surface area contributed by atoms with Gasteiger partial charge >= 0.3 is 0 Å². The minimum atomic E-state index is -0.127. The van der Waals surface area contributed by atoms with E-state index in [0.29, 0.717) is 5.56 Å². The van der Waals surface area contributed by atoms with Crippen molar-refractivity contribution in [2.75, 3.05) is 5.32 Å². The maximum Gasteiger partial charge on any atom is 0.256 e. The summed E-state index contributed by atoms with van der Waals surface area (Å²) in [6.07, 6.45) is 5.67. The maximum absolute atomic E-state index is 13.0. The molecule has 0 aliphatic carbocycles. The van der Waals surface area contributed by atoms with E-state index in [4.69, 9.17) is 0 Å². The minimum Gasteiger partial charge on any atom is -0.322 e. The molecule has 0 saturated heterocycles. The van der Waals surface area contributed by atoms with Crippen molar-refractivity contribution in [1.82, 2.24) is 15.2 Å². The van der Waals surface area contributed by atoms with E-state index in [2.05, 4.69) is 38.7 Å². The lowest BCUT2D eigenvalue weighted by molar-refractivity contribution is 0.102. The van der Waals surface area contributed by atoms with Gasteiger partial charge in [-0.1, -0.05) is 42.1 Å². The van der Waals surface area contributed by atoms with Crippen molar-refractivity contribution in [3.63, 3.8) is 0 Å². The zero-order chi connectivity index (χ0) is 23.3. The van der Waals surface area contributed by atoms with Gasteiger partial charge in [0, 0.05) is 27.1 Å². The fraction of sp³-hybridized carbons (Fsp3) is 0.0357. The SMILES string of the molecule is Cc1cccc(NC(=O)c2ccccc2Sc2ccc3c(/C=C/c4ccccn4)n[nH]c3c2)c1. The molecule has 0 bridgehead atoms. The minimum absolute atomic E-state index is 0.127. The Hall–Kier alpha value is -4.16. The number of anilines is 1. The van der Waals surface area contributed by atoms with Crippen molar-refractivity contribution in [2.24, 2.45) is 0 Å². The number of carbonyl (C=O) groups is 1. The number of H-pyrrole nitrogens is 1. The number of fused-ring (bicyclic) bond motifs is 1. The quantitative estimate of drug-likeness (QED) is 0.290. The van der Waals surface area contributed by atoms with Crippen LogP contribution in [0.1, 0.15) is 27.3 Å². The van der Waals surface area contributed by atoms with E-state index >= 15 is 0 Å². The number of nitrogens with zero attached hydrogens (tertiary/aromatic N) is 2.